The Balaban J connectivity index is 3.07. The lowest BCUT2D eigenvalue weighted by molar-refractivity contribution is -0.186. The van der Waals surface area contributed by atoms with Crippen LogP contribution in [0.15, 0.2) is 0 Å². The third-order valence-electron chi connectivity index (χ3n) is 3.99. The monoisotopic (exact) mass is 193 g/mol. The van der Waals surface area contributed by atoms with E-state index >= 15 is 0 Å². The summed E-state index contributed by atoms with van der Waals surface area (Å²) in [6.07, 6.45) is 9.60. The van der Waals surface area contributed by atoms with Gasteiger partial charge in [0, 0.05) is 10.8 Å². The highest BCUT2D eigenvalue weighted by atomic mass is 16.3. The molecule has 1 heteroatoms. The van der Waals surface area contributed by atoms with Gasteiger partial charge in [-0.2, -0.15) is 0 Å². The van der Waals surface area contributed by atoms with E-state index < -0.39 is 5.60 Å². The molecule has 1 saturated carbocycles. The summed E-state index contributed by atoms with van der Waals surface area (Å²) in [5.74, 6) is 2.56. The molecule has 0 spiro atoms. The van der Waals surface area contributed by atoms with Gasteiger partial charge in [-0.25, -0.2) is 5.11 Å². The van der Waals surface area contributed by atoms with Crippen LogP contribution in [0.5, 0.6) is 0 Å². The third kappa shape index (κ3) is 1.28. The van der Waals surface area contributed by atoms with Crippen LogP contribution in [0.1, 0.15) is 53.4 Å². The molecule has 1 rings (SSSR count). The van der Waals surface area contributed by atoms with Crippen LogP contribution < -0.4 is 0 Å². The van der Waals surface area contributed by atoms with Crippen molar-refractivity contribution in [3.05, 3.63) is 0 Å². The van der Waals surface area contributed by atoms with Crippen LogP contribution in [-0.4, -0.2) is 5.60 Å². The van der Waals surface area contributed by atoms with Gasteiger partial charge >= 0.3 is 0 Å². The van der Waals surface area contributed by atoms with Crippen LogP contribution in [0.25, 0.3) is 0 Å². The summed E-state index contributed by atoms with van der Waals surface area (Å²) in [4.78, 5) is 0. The maximum atomic E-state index is 12.8. The topological polar surface area (TPSA) is 19.9 Å². The van der Waals surface area contributed by atoms with E-state index in [1.807, 2.05) is 20.8 Å². The van der Waals surface area contributed by atoms with Crippen molar-refractivity contribution in [3.63, 3.8) is 0 Å². The Hall–Kier alpha value is -0.480. The average Bonchev–Trinajstić information content (AvgIpc) is 2.00. The largest absolute Gasteiger partial charge is 0.214 e. The van der Waals surface area contributed by atoms with E-state index in [0.29, 0.717) is 0 Å². The Labute approximate surface area is 87.9 Å². The lowest BCUT2D eigenvalue weighted by atomic mass is 9.51. The van der Waals surface area contributed by atoms with Crippen LogP contribution in [0.4, 0.5) is 0 Å². The normalized spacial score (nSPS) is 24.6. The fraction of sp³-hybridized carbons (Fsp3) is 0.846. The number of rotatable bonds is 2. The second kappa shape index (κ2) is 3.28. The molecule has 14 heavy (non-hydrogen) atoms. The van der Waals surface area contributed by atoms with Crippen LogP contribution >= 0.6 is 0 Å². The van der Waals surface area contributed by atoms with Gasteiger partial charge < -0.3 is 0 Å². The summed E-state index contributed by atoms with van der Waals surface area (Å²) in [5.41, 5.74) is -1.69. The highest BCUT2D eigenvalue weighted by molar-refractivity contribution is 5.22. The summed E-state index contributed by atoms with van der Waals surface area (Å²) in [5, 5.41) is 12.8. The smallest absolute Gasteiger partial charge is 0.173 e. The molecule has 1 aliphatic rings. The van der Waals surface area contributed by atoms with Crippen LogP contribution in [-0.2, 0) is 5.11 Å². The van der Waals surface area contributed by atoms with Gasteiger partial charge in [0.15, 0.2) is 5.60 Å². The van der Waals surface area contributed by atoms with Crippen molar-refractivity contribution < 1.29 is 5.11 Å². The minimum absolute atomic E-state index is 0.139. The fourth-order valence-electron chi connectivity index (χ4n) is 2.72. The molecular formula is C13H21O. The van der Waals surface area contributed by atoms with E-state index in [0.717, 1.165) is 25.7 Å². The molecule has 1 atom stereocenters. The fourth-order valence-corrected chi connectivity index (χ4v) is 2.72. The van der Waals surface area contributed by atoms with Crippen LogP contribution in [0.2, 0.25) is 0 Å². The summed E-state index contributed by atoms with van der Waals surface area (Å²) in [6, 6.07) is 0. The van der Waals surface area contributed by atoms with E-state index in [1.165, 1.54) is 0 Å². The van der Waals surface area contributed by atoms with Gasteiger partial charge in [0.2, 0.25) is 0 Å². The number of hydrogen-bond acceptors (Lipinski definition) is 0. The molecule has 0 amide bonds. The Morgan fingerprint density at radius 3 is 1.93 bits per heavy atom. The zero-order valence-electron chi connectivity index (χ0n) is 9.81. The molecule has 0 aromatic heterocycles. The number of terminal acetylenes is 1. The standard InChI is InChI=1S/C13H21O/c1-6-12(9-8-10-12)13(14,7-2)11(3,4)5/h2H,6,8-10H2,1,3-5H3. The first-order valence-electron chi connectivity index (χ1n) is 5.51. The Kier molecular flexibility index (Phi) is 2.71. The van der Waals surface area contributed by atoms with Gasteiger partial charge in [-0.3, -0.25) is 0 Å². The van der Waals surface area contributed by atoms with E-state index in [2.05, 4.69) is 12.8 Å². The molecule has 0 N–H and O–H groups in total. The van der Waals surface area contributed by atoms with Gasteiger partial charge in [0.1, 0.15) is 0 Å². The molecule has 0 aliphatic heterocycles. The maximum absolute atomic E-state index is 12.8. The highest BCUT2D eigenvalue weighted by Crippen LogP contribution is 2.57. The molecule has 1 fully saturated rings. The maximum Gasteiger partial charge on any atom is 0.173 e. The van der Waals surface area contributed by atoms with Crippen molar-refractivity contribution in [2.45, 2.75) is 59.0 Å². The lowest BCUT2D eigenvalue weighted by Gasteiger charge is -2.54. The van der Waals surface area contributed by atoms with Crippen molar-refractivity contribution >= 4 is 0 Å². The SMILES string of the molecule is C#CC([O])(C(C)(C)C)C1(CC)CCC1. The first-order valence-corrected chi connectivity index (χ1v) is 5.51. The first-order chi connectivity index (χ1) is 6.33. The summed E-state index contributed by atoms with van der Waals surface area (Å²) < 4.78 is 0. The van der Waals surface area contributed by atoms with Crippen molar-refractivity contribution in [1.29, 1.82) is 0 Å². The average molecular weight is 193 g/mol. The second-order valence-corrected chi connectivity index (χ2v) is 5.56. The Morgan fingerprint density at radius 1 is 1.36 bits per heavy atom. The quantitative estimate of drug-likeness (QED) is 0.599. The van der Waals surface area contributed by atoms with Crippen LogP contribution in [0, 0.1) is 23.2 Å². The van der Waals surface area contributed by atoms with E-state index in [9.17, 15) is 5.11 Å². The molecule has 1 radical (unpaired) electrons. The van der Waals surface area contributed by atoms with Crippen molar-refractivity contribution in [3.8, 4) is 12.3 Å². The van der Waals surface area contributed by atoms with Gasteiger partial charge in [0.05, 0.1) is 0 Å². The first kappa shape index (κ1) is 11.6. The molecule has 1 aliphatic carbocycles. The van der Waals surface area contributed by atoms with Crippen molar-refractivity contribution in [2.24, 2.45) is 10.8 Å². The Bertz CT molecular complexity index is 244. The molecule has 1 unspecified atom stereocenters. The second-order valence-electron chi connectivity index (χ2n) is 5.56. The zero-order valence-corrected chi connectivity index (χ0v) is 9.81. The van der Waals surface area contributed by atoms with Gasteiger partial charge in [-0.1, -0.05) is 40.0 Å². The molecule has 0 aromatic rings. The third-order valence-corrected chi connectivity index (χ3v) is 3.99. The summed E-state index contributed by atoms with van der Waals surface area (Å²) in [6.45, 7) is 8.00. The highest BCUT2D eigenvalue weighted by Gasteiger charge is 2.59. The van der Waals surface area contributed by atoms with Gasteiger partial charge in [0.25, 0.3) is 0 Å². The number of hydrogen-bond donors (Lipinski definition) is 0. The molecule has 0 bridgehead atoms. The van der Waals surface area contributed by atoms with Crippen molar-refractivity contribution in [1.82, 2.24) is 0 Å². The van der Waals surface area contributed by atoms with Gasteiger partial charge in [-0.05, 0) is 19.3 Å². The minimum Gasteiger partial charge on any atom is -0.214 e. The predicted octanol–water partition coefficient (Wildman–Crippen LogP) is 3.42. The minimum atomic E-state index is -1.20. The zero-order chi connectivity index (χ0) is 11.0. The molecular weight excluding hydrogens is 172 g/mol. The summed E-state index contributed by atoms with van der Waals surface area (Å²) >= 11 is 0. The molecule has 0 heterocycles. The van der Waals surface area contributed by atoms with E-state index in [-0.39, 0.29) is 10.8 Å². The predicted molar refractivity (Wildman–Crippen MR) is 58.3 cm³/mol. The molecule has 0 saturated heterocycles. The summed E-state index contributed by atoms with van der Waals surface area (Å²) in [7, 11) is 0. The lowest BCUT2D eigenvalue weighted by Crippen LogP contribution is -2.57. The molecule has 1 nitrogen and oxygen atoms in total. The van der Waals surface area contributed by atoms with Crippen molar-refractivity contribution in [2.75, 3.05) is 0 Å². The van der Waals surface area contributed by atoms with E-state index in [4.69, 9.17) is 6.42 Å². The molecule has 79 valence electrons. The van der Waals surface area contributed by atoms with Crippen LogP contribution in [0.3, 0.4) is 0 Å². The van der Waals surface area contributed by atoms with Gasteiger partial charge in [-0.15, -0.1) is 6.42 Å². The van der Waals surface area contributed by atoms with E-state index in [1.54, 1.807) is 0 Å². The Morgan fingerprint density at radius 2 is 1.86 bits per heavy atom. The molecule has 0 aromatic carbocycles.